The number of hydrogen-bond acceptors (Lipinski definition) is 3. The lowest BCUT2D eigenvalue weighted by Crippen LogP contribution is -2.50. The zero-order valence-corrected chi connectivity index (χ0v) is 12.5. The third kappa shape index (κ3) is 4.75. The molecule has 3 unspecified atom stereocenters. The second-order valence-corrected chi connectivity index (χ2v) is 5.50. The molecular formula is C13H27ClN2O2. The van der Waals surface area contributed by atoms with Crippen LogP contribution in [0.25, 0.3) is 0 Å². The summed E-state index contributed by atoms with van der Waals surface area (Å²) < 4.78 is 0. The smallest absolute Gasteiger partial charge is 0.227 e. The molecule has 0 aromatic carbocycles. The van der Waals surface area contributed by atoms with Crippen LogP contribution >= 0.6 is 12.4 Å². The predicted octanol–water partition coefficient (Wildman–Crippen LogP) is 1.32. The maximum absolute atomic E-state index is 12.1. The van der Waals surface area contributed by atoms with Gasteiger partial charge in [-0.2, -0.15) is 0 Å². The third-order valence-corrected chi connectivity index (χ3v) is 3.92. The highest BCUT2D eigenvalue weighted by Gasteiger charge is 2.34. The maximum atomic E-state index is 12.1. The summed E-state index contributed by atoms with van der Waals surface area (Å²) in [4.78, 5) is 12.1. The Morgan fingerprint density at radius 2 is 2.22 bits per heavy atom. The SMILES string of the molecule is CCC(C)C(O)CNC(=O)C1(C)CCCNC1.Cl. The van der Waals surface area contributed by atoms with Crippen molar-refractivity contribution in [3.63, 3.8) is 0 Å². The van der Waals surface area contributed by atoms with E-state index in [0.717, 1.165) is 32.4 Å². The first-order valence-corrected chi connectivity index (χ1v) is 6.66. The van der Waals surface area contributed by atoms with Gasteiger partial charge in [0.1, 0.15) is 0 Å². The van der Waals surface area contributed by atoms with Crippen molar-refractivity contribution in [3.8, 4) is 0 Å². The summed E-state index contributed by atoms with van der Waals surface area (Å²) >= 11 is 0. The average molecular weight is 279 g/mol. The van der Waals surface area contributed by atoms with Crippen LogP contribution < -0.4 is 10.6 Å². The molecule has 1 heterocycles. The summed E-state index contributed by atoms with van der Waals surface area (Å²) in [7, 11) is 0. The molecule has 5 heteroatoms. The van der Waals surface area contributed by atoms with E-state index in [1.165, 1.54) is 0 Å². The Labute approximate surface area is 116 Å². The Hall–Kier alpha value is -0.320. The van der Waals surface area contributed by atoms with Crippen molar-refractivity contribution in [3.05, 3.63) is 0 Å². The molecular weight excluding hydrogens is 252 g/mol. The molecule has 1 aliphatic heterocycles. The van der Waals surface area contributed by atoms with E-state index in [4.69, 9.17) is 0 Å². The van der Waals surface area contributed by atoms with Gasteiger partial charge in [0.05, 0.1) is 11.5 Å². The Kier molecular flexibility index (Phi) is 7.83. The van der Waals surface area contributed by atoms with Gasteiger partial charge in [0.25, 0.3) is 0 Å². The van der Waals surface area contributed by atoms with E-state index in [9.17, 15) is 9.90 Å². The minimum absolute atomic E-state index is 0. The molecule has 0 saturated carbocycles. The van der Waals surface area contributed by atoms with Crippen LogP contribution in [-0.4, -0.2) is 36.8 Å². The second-order valence-electron chi connectivity index (χ2n) is 5.50. The highest BCUT2D eigenvalue weighted by atomic mass is 35.5. The lowest BCUT2D eigenvalue weighted by molar-refractivity contribution is -0.131. The number of piperidine rings is 1. The summed E-state index contributed by atoms with van der Waals surface area (Å²) in [5.74, 6) is 0.291. The average Bonchev–Trinajstić information content (AvgIpc) is 2.35. The number of aliphatic hydroxyl groups is 1. The Morgan fingerprint density at radius 3 is 2.72 bits per heavy atom. The van der Waals surface area contributed by atoms with Crippen LogP contribution in [0.1, 0.15) is 40.0 Å². The molecule has 18 heavy (non-hydrogen) atoms. The van der Waals surface area contributed by atoms with Gasteiger partial charge in [-0.3, -0.25) is 4.79 Å². The molecule has 0 aliphatic carbocycles. The van der Waals surface area contributed by atoms with Gasteiger partial charge in [-0.05, 0) is 32.2 Å². The summed E-state index contributed by atoms with van der Waals surface area (Å²) in [6.07, 6.45) is 2.45. The topological polar surface area (TPSA) is 61.4 Å². The number of carbonyl (C=O) groups is 1. The molecule has 3 N–H and O–H groups in total. The number of aliphatic hydroxyl groups excluding tert-OH is 1. The Balaban J connectivity index is 0.00000289. The monoisotopic (exact) mass is 278 g/mol. The molecule has 1 amide bonds. The van der Waals surface area contributed by atoms with Gasteiger partial charge in [0, 0.05) is 13.1 Å². The van der Waals surface area contributed by atoms with Gasteiger partial charge in [0.15, 0.2) is 0 Å². The van der Waals surface area contributed by atoms with E-state index in [-0.39, 0.29) is 29.6 Å². The first-order valence-electron chi connectivity index (χ1n) is 6.66. The van der Waals surface area contributed by atoms with Crippen molar-refractivity contribution in [2.45, 2.75) is 46.1 Å². The van der Waals surface area contributed by atoms with Crippen LogP contribution in [-0.2, 0) is 4.79 Å². The van der Waals surface area contributed by atoms with Gasteiger partial charge < -0.3 is 15.7 Å². The molecule has 4 nitrogen and oxygen atoms in total. The molecule has 108 valence electrons. The van der Waals surface area contributed by atoms with E-state index < -0.39 is 6.10 Å². The second kappa shape index (κ2) is 7.97. The molecule has 1 fully saturated rings. The lowest BCUT2D eigenvalue weighted by atomic mass is 9.82. The van der Waals surface area contributed by atoms with Gasteiger partial charge in [-0.15, -0.1) is 12.4 Å². The molecule has 1 saturated heterocycles. The molecule has 0 aromatic heterocycles. The quantitative estimate of drug-likeness (QED) is 0.711. The number of amides is 1. The molecule has 0 spiro atoms. The van der Waals surface area contributed by atoms with Gasteiger partial charge >= 0.3 is 0 Å². The minimum atomic E-state index is -0.441. The summed E-state index contributed by atoms with van der Waals surface area (Å²) in [6.45, 7) is 8.13. The minimum Gasteiger partial charge on any atom is -0.391 e. The molecule has 1 aliphatic rings. The van der Waals surface area contributed by atoms with Gasteiger partial charge in [-0.25, -0.2) is 0 Å². The first-order chi connectivity index (χ1) is 7.99. The van der Waals surface area contributed by atoms with Crippen LogP contribution in [0.3, 0.4) is 0 Å². The largest absolute Gasteiger partial charge is 0.391 e. The summed E-state index contributed by atoms with van der Waals surface area (Å²) in [5, 5.41) is 16.0. The van der Waals surface area contributed by atoms with Crippen molar-refractivity contribution in [1.82, 2.24) is 10.6 Å². The van der Waals surface area contributed by atoms with Crippen molar-refractivity contribution in [1.29, 1.82) is 0 Å². The van der Waals surface area contributed by atoms with Gasteiger partial charge in [0.2, 0.25) is 5.91 Å². The van der Waals surface area contributed by atoms with Crippen molar-refractivity contribution < 1.29 is 9.90 Å². The number of hydrogen-bond donors (Lipinski definition) is 3. The summed E-state index contributed by atoms with van der Waals surface area (Å²) in [6, 6.07) is 0. The fourth-order valence-corrected chi connectivity index (χ4v) is 2.13. The predicted molar refractivity (Wildman–Crippen MR) is 75.9 cm³/mol. The van der Waals surface area contributed by atoms with E-state index in [1.807, 2.05) is 20.8 Å². The number of rotatable bonds is 5. The zero-order chi connectivity index (χ0) is 12.9. The van der Waals surface area contributed by atoms with E-state index in [2.05, 4.69) is 10.6 Å². The first kappa shape index (κ1) is 17.7. The van der Waals surface area contributed by atoms with Crippen LogP contribution in [0, 0.1) is 11.3 Å². The third-order valence-electron chi connectivity index (χ3n) is 3.92. The normalized spacial score (nSPS) is 26.9. The fourth-order valence-electron chi connectivity index (χ4n) is 2.13. The number of halogens is 1. The molecule has 0 aromatic rings. The molecule has 0 bridgehead atoms. The van der Waals surface area contributed by atoms with Gasteiger partial charge in [-0.1, -0.05) is 20.3 Å². The number of nitrogens with one attached hydrogen (secondary N) is 2. The van der Waals surface area contributed by atoms with Crippen molar-refractivity contribution >= 4 is 18.3 Å². The van der Waals surface area contributed by atoms with Crippen LogP contribution in [0.2, 0.25) is 0 Å². The van der Waals surface area contributed by atoms with E-state index >= 15 is 0 Å². The lowest BCUT2D eigenvalue weighted by Gasteiger charge is -2.33. The van der Waals surface area contributed by atoms with E-state index in [0.29, 0.717) is 6.54 Å². The number of carbonyl (C=O) groups excluding carboxylic acids is 1. The molecule has 1 rings (SSSR count). The molecule has 0 radical (unpaired) electrons. The summed E-state index contributed by atoms with van der Waals surface area (Å²) in [5.41, 5.74) is -0.312. The van der Waals surface area contributed by atoms with Crippen molar-refractivity contribution in [2.24, 2.45) is 11.3 Å². The standard InChI is InChI=1S/C13H26N2O2.ClH/c1-4-10(2)11(16)8-15-12(17)13(3)6-5-7-14-9-13;/h10-11,14,16H,4-9H2,1-3H3,(H,15,17);1H. The fraction of sp³-hybridized carbons (Fsp3) is 0.923. The molecule has 3 atom stereocenters. The zero-order valence-electron chi connectivity index (χ0n) is 11.7. The Bertz CT molecular complexity index is 255. The van der Waals surface area contributed by atoms with Crippen molar-refractivity contribution in [2.75, 3.05) is 19.6 Å². The van der Waals surface area contributed by atoms with Crippen LogP contribution in [0.5, 0.6) is 0 Å². The Morgan fingerprint density at radius 1 is 1.56 bits per heavy atom. The van der Waals surface area contributed by atoms with Crippen LogP contribution in [0.15, 0.2) is 0 Å². The van der Waals surface area contributed by atoms with E-state index in [1.54, 1.807) is 0 Å². The highest BCUT2D eigenvalue weighted by molar-refractivity contribution is 5.85. The van der Waals surface area contributed by atoms with Crippen LogP contribution in [0.4, 0.5) is 0 Å². The maximum Gasteiger partial charge on any atom is 0.227 e. The highest BCUT2D eigenvalue weighted by Crippen LogP contribution is 2.25.